The number of pyridine rings is 1. The van der Waals surface area contributed by atoms with Crippen LogP contribution in [0, 0.1) is 10.1 Å². The molecule has 1 aromatic heterocycles. The Balaban J connectivity index is 3.47. The van der Waals surface area contributed by atoms with E-state index in [4.69, 9.17) is 11.6 Å². The third kappa shape index (κ3) is 2.40. The highest BCUT2D eigenvalue weighted by molar-refractivity contribution is 9.10. The van der Waals surface area contributed by atoms with Gasteiger partial charge in [-0.3, -0.25) is 10.1 Å². The highest BCUT2D eigenvalue weighted by Crippen LogP contribution is 2.34. The van der Waals surface area contributed by atoms with E-state index in [1.54, 1.807) is 0 Å². The number of rotatable bonds is 3. The predicted molar refractivity (Wildman–Crippen MR) is 53.1 cm³/mol. The Bertz CT molecular complexity index is 403. The fourth-order valence-corrected chi connectivity index (χ4v) is 1.84. The smallest absolute Gasteiger partial charge is 0.258 e. The van der Waals surface area contributed by atoms with E-state index in [-0.39, 0.29) is 16.0 Å². The van der Waals surface area contributed by atoms with Gasteiger partial charge in [-0.25, -0.2) is 13.8 Å². The van der Waals surface area contributed by atoms with Gasteiger partial charge in [-0.05, 0) is 15.9 Å². The Morgan fingerprint density at radius 3 is 2.67 bits per heavy atom. The molecule has 0 fully saturated rings. The van der Waals surface area contributed by atoms with Crippen LogP contribution in [0.15, 0.2) is 10.8 Å². The highest BCUT2D eigenvalue weighted by atomic mass is 79.9. The van der Waals surface area contributed by atoms with E-state index in [9.17, 15) is 18.9 Å². The maximum atomic E-state index is 12.6. The minimum absolute atomic E-state index is 0.126. The molecule has 1 rings (SSSR count). The topological polar surface area (TPSA) is 56.0 Å². The summed E-state index contributed by atoms with van der Waals surface area (Å²) in [5.74, 6) is -0.364. The SMILES string of the molecule is O=[N+]([O-])c1cnc(Br)c(C(F)F)c1CCl. The molecule has 0 saturated heterocycles. The molecule has 0 unspecified atom stereocenters. The van der Waals surface area contributed by atoms with Crippen LogP contribution in [0.4, 0.5) is 14.5 Å². The van der Waals surface area contributed by atoms with Crippen molar-refractivity contribution in [3.05, 3.63) is 32.0 Å². The van der Waals surface area contributed by atoms with E-state index in [2.05, 4.69) is 20.9 Å². The van der Waals surface area contributed by atoms with Crippen LogP contribution in [0.2, 0.25) is 0 Å². The summed E-state index contributed by atoms with van der Waals surface area (Å²) < 4.78 is 25.0. The first-order valence-electron chi connectivity index (χ1n) is 3.64. The molecule has 4 nitrogen and oxygen atoms in total. The zero-order valence-electron chi connectivity index (χ0n) is 7.08. The van der Waals surface area contributed by atoms with Gasteiger partial charge in [0.1, 0.15) is 10.8 Å². The Morgan fingerprint density at radius 2 is 2.27 bits per heavy atom. The minimum atomic E-state index is -2.86. The molecule has 15 heavy (non-hydrogen) atoms. The minimum Gasteiger partial charge on any atom is -0.258 e. The number of aromatic nitrogens is 1. The first-order chi connectivity index (χ1) is 6.99. The molecule has 0 aliphatic heterocycles. The molecule has 0 N–H and O–H groups in total. The molecule has 82 valence electrons. The lowest BCUT2D eigenvalue weighted by molar-refractivity contribution is -0.385. The summed E-state index contributed by atoms with van der Waals surface area (Å²) in [6, 6.07) is 0. The van der Waals surface area contributed by atoms with Gasteiger partial charge in [-0.15, -0.1) is 11.6 Å². The van der Waals surface area contributed by atoms with Gasteiger partial charge in [-0.2, -0.15) is 0 Å². The fraction of sp³-hybridized carbons (Fsp3) is 0.286. The van der Waals surface area contributed by atoms with E-state index in [0.29, 0.717) is 0 Å². The summed E-state index contributed by atoms with van der Waals surface area (Å²) in [7, 11) is 0. The van der Waals surface area contributed by atoms with E-state index < -0.39 is 22.6 Å². The molecule has 1 aromatic rings. The largest absolute Gasteiger partial charge is 0.292 e. The van der Waals surface area contributed by atoms with Crippen LogP contribution >= 0.6 is 27.5 Å². The molecular weight excluding hydrogens is 297 g/mol. The zero-order chi connectivity index (χ0) is 11.6. The lowest BCUT2D eigenvalue weighted by atomic mass is 10.1. The van der Waals surface area contributed by atoms with E-state index in [1.807, 2.05) is 0 Å². The van der Waals surface area contributed by atoms with Crippen molar-refractivity contribution in [1.29, 1.82) is 0 Å². The van der Waals surface area contributed by atoms with Gasteiger partial charge in [0.15, 0.2) is 0 Å². The maximum absolute atomic E-state index is 12.6. The number of hydrogen-bond acceptors (Lipinski definition) is 3. The molecule has 0 atom stereocenters. The predicted octanol–water partition coefficient (Wildman–Crippen LogP) is 3.43. The van der Waals surface area contributed by atoms with Crippen molar-refractivity contribution in [2.24, 2.45) is 0 Å². The van der Waals surface area contributed by atoms with Gasteiger partial charge in [0, 0.05) is 0 Å². The van der Waals surface area contributed by atoms with Crippen molar-refractivity contribution in [2.45, 2.75) is 12.3 Å². The molecule has 0 radical (unpaired) electrons. The first kappa shape index (κ1) is 12.3. The first-order valence-corrected chi connectivity index (χ1v) is 4.97. The van der Waals surface area contributed by atoms with E-state index in [0.717, 1.165) is 6.20 Å². The van der Waals surface area contributed by atoms with Crippen molar-refractivity contribution in [3.8, 4) is 0 Å². The van der Waals surface area contributed by atoms with Crippen LogP contribution in [0.1, 0.15) is 17.6 Å². The molecule has 0 spiro atoms. The van der Waals surface area contributed by atoms with Gasteiger partial charge in [0.2, 0.25) is 0 Å². The molecule has 1 heterocycles. The average Bonchev–Trinajstić information content (AvgIpc) is 2.15. The monoisotopic (exact) mass is 300 g/mol. The van der Waals surface area contributed by atoms with Crippen LogP contribution < -0.4 is 0 Å². The summed E-state index contributed by atoms with van der Waals surface area (Å²) >= 11 is 8.21. The Morgan fingerprint density at radius 1 is 1.67 bits per heavy atom. The summed E-state index contributed by atoms with van der Waals surface area (Å²) in [4.78, 5) is 13.2. The van der Waals surface area contributed by atoms with Crippen LogP contribution in [-0.2, 0) is 5.88 Å². The van der Waals surface area contributed by atoms with Crippen LogP contribution in [0.3, 0.4) is 0 Å². The lowest BCUT2D eigenvalue weighted by Gasteiger charge is -2.07. The Hall–Kier alpha value is -0.820. The van der Waals surface area contributed by atoms with Gasteiger partial charge in [-0.1, -0.05) is 0 Å². The summed E-state index contributed by atoms with van der Waals surface area (Å²) in [6.07, 6.45) is -1.96. The maximum Gasteiger partial charge on any atom is 0.292 e. The highest BCUT2D eigenvalue weighted by Gasteiger charge is 2.25. The molecule has 8 heteroatoms. The average molecular weight is 301 g/mol. The number of alkyl halides is 3. The van der Waals surface area contributed by atoms with E-state index >= 15 is 0 Å². The van der Waals surface area contributed by atoms with Crippen LogP contribution in [0.5, 0.6) is 0 Å². The number of nitro groups is 1. The fourth-order valence-electron chi connectivity index (χ4n) is 1.05. The quantitative estimate of drug-likeness (QED) is 0.372. The van der Waals surface area contributed by atoms with Crippen LogP contribution in [-0.4, -0.2) is 9.91 Å². The summed E-state index contributed by atoms with van der Waals surface area (Å²) in [5.41, 5.74) is -1.23. The van der Waals surface area contributed by atoms with Gasteiger partial charge in [0.25, 0.3) is 12.1 Å². The summed E-state index contributed by atoms with van der Waals surface area (Å²) in [5, 5.41) is 10.5. The standard InChI is InChI=1S/C7H4BrClF2N2O2/c8-6-5(7(10)11)3(1-9)4(2-12-6)13(14)15/h2,7H,1H2. The van der Waals surface area contributed by atoms with Crippen LogP contribution in [0.25, 0.3) is 0 Å². The molecule has 0 amide bonds. The number of hydrogen-bond donors (Lipinski definition) is 0. The van der Waals surface area contributed by atoms with E-state index in [1.165, 1.54) is 0 Å². The van der Waals surface area contributed by atoms with Crippen molar-refractivity contribution in [1.82, 2.24) is 4.98 Å². The molecule has 0 saturated carbocycles. The molecule has 0 aliphatic carbocycles. The second-order valence-electron chi connectivity index (χ2n) is 2.52. The zero-order valence-corrected chi connectivity index (χ0v) is 9.43. The number of nitrogens with zero attached hydrogens (tertiary/aromatic N) is 2. The van der Waals surface area contributed by atoms with Gasteiger partial charge in [0.05, 0.1) is 21.9 Å². The van der Waals surface area contributed by atoms with Crippen molar-refractivity contribution in [3.63, 3.8) is 0 Å². The molecule has 0 bridgehead atoms. The van der Waals surface area contributed by atoms with Crippen molar-refractivity contribution in [2.75, 3.05) is 0 Å². The second kappa shape index (κ2) is 4.80. The van der Waals surface area contributed by atoms with Crippen molar-refractivity contribution < 1.29 is 13.7 Å². The lowest BCUT2D eigenvalue weighted by Crippen LogP contribution is -2.02. The normalized spacial score (nSPS) is 10.7. The van der Waals surface area contributed by atoms with Crippen molar-refractivity contribution >= 4 is 33.2 Å². The Kier molecular flexibility index (Phi) is 3.92. The molecular formula is C7H4BrClF2N2O2. The molecule has 0 aromatic carbocycles. The third-order valence-electron chi connectivity index (χ3n) is 1.71. The van der Waals surface area contributed by atoms with Gasteiger partial charge >= 0.3 is 0 Å². The third-order valence-corrected chi connectivity index (χ3v) is 2.60. The molecule has 0 aliphatic rings. The van der Waals surface area contributed by atoms with Gasteiger partial charge < -0.3 is 0 Å². The second-order valence-corrected chi connectivity index (χ2v) is 3.54. The number of halogens is 4. The Labute approximate surface area is 96.5 Å². The summed E-state index contributed by atoms with van der Waals surface area (Å²) in [6.45, 7) is 0.